The largest absolute Gasteiger partial charge is 0.208 e. The van der Waals surface area contributed by atoms with Gasteiger partial charge in [-0.1, -0.05) is 270 Å². The highest BCUT2D eigenvalue weighted by molar-refractivity contribution is 5.85. The van der Waals surface area contributed by atoms with E-state index in [0.717, 1.165) is 83.5 Å². The Morgan fingerprint density at radius 1 is 0.155 bits per heavy atom. The summed E-state index contributed by atoms with van der Waals surface area (Å²) in [6.07, 6.45) is 0. The Morgan fingerprint density at radius 2 is 0.274 bits per heavy atom. The molecule has 0 bridgehead atoms. The van der Waals surface area contributed by atoms with Gasteiger partial charge in [-0.05, 0) is 187 Å². The topological polar surface area (TPSA) is 38.7 Å². The summed E-state index contributed by atoms with van der Waals surface area (Å²) in [5, 5.41) is 0. The van der Waals surface area contributed by atoms with Crippen LogP contribution >= 0.6 is 0 Å². The zero-order chi connectivity index (χ0) is 60.3. The van der Waals surface area contributed by atoms with Gasteiger partial charge in [-0.25, -0.2) is 15.0 Å². The molecule has 0 aliphatic heterocycles. The van der Waals surface area contributed by atoms with Crippen LogP contribution in [0.4, 0.5) is 0 Å². The summed E-state index contributed by atoms with van der Waals surface area (Å²) in [6.45, 7) is 40.9. The van der Waals surface area contributed by atoms with E-state index in [1.54, 1.807) is 0 Å². The summed E-state index contributed by atoms with van der Waals surface area (Å²) in [7, 11) is 0. The molecule has 0 amide bonds. The minimum absolute atomic E-state index is 0.0177. The van der Waals surface area contributed by atoms with Gasteiger partial charge in [-0.2, -0.15) is 0 Å². The van der Waals surface area contributed by atoms with E-state index >= 15 is 0 Å². The maximum Gasteiger partial charge on any atom is 0.164 e. The van der Waals surface area contributed by atoms with Crippen LogP contribution in [0.2, 0.25) is 0 Å². The fraction of sp³-hybridized carbons (Fsp3) is 0.296. The molecule has 0 saturated heterocycles. The lowest BCUT2D eigenvalue weighted by Crippen LogP contribution is -2.10. The van der Waals surface area contributed by atoms with Gasteiger partial charge in [-0.3, -0.25) is 0 Å². The molecule has 1 heterocycles. The Balaban J connectivity index is 1.25. The lowest BCUT2D eigenvalue weighted by atomic mass is 9.85. The van der Waals surface area contributed by atoms with Crippen LogP contribution in [0.1, 0.15) is 158 Å². The summed E-state index contributed by atoms with van der Waals surface area (Å²) in [4.78, 5) is 16.9. The Kier molecular flexibility index (Phi) is 15.6. The van der Waals surface area contributed by atoms with E-state index in [0.29, 0.717) is 17.5 Å². The average Bonchev–Trinajstić information content (AvgIpc) is 2.99. The van der Waals surface area contributed by atoms with Gasteiger partial charge in [0.1, 0.15) is 0 Å². The minimum Gasteiger partial charge on any atom is -0.208 e. The Labute approximate surface area is 503 Å². The molecule has 9 aromatic carbocycles. The lowest BCUT2D eigenvalue weighted by Gasteiger charge is -2.20. The second-order valence-corrected chi connectivity index (χ2v) is 29.7. The van der Waals surface area contributed by atoms with Crippen molar-refractivity contribution in [3.05, 3.63) is 234 Å². The zero-order valence-electron chi connectivity index (χ0n) is 53.4. The third-order valence-electron chi connectivity index (χ3n) is 16.7. The maximum atomic E-state index is 5.63. The molecule has 10 rings (SSSR count). The first kappa shape index (κ1) is 59.2. The number of benzene rings is 9. The molecule has 0 saturated carbocycles. The minimum atomic E-state index is 0.0177. The second-order valence-electron chi connectivity index (χ2n) is 29.7. The van der Waals surface area contributed by atoms with E-state index < -0.39 is 0 Å². The van der Waals surface area contributed by atoms with Crippen LogP contribution in [-0.2, 0) is 32.5 Å². The van der Waals surface area contributed by atoms with Gasteiger partial charge >= 0.3 is 0 Å². The SMILES string of the molecule is CC(C)(C)c1ccc(-c2cc(-c3ccc(C(C)(C)C)cc3)cc(-c3nc(-c4cc(-c5ccc(C(C)(C)C)cc5)cc(-c5ccc(C(C)(C)C)cc5)c4)nc(-c4cc(-c5ccc(C(C)(C)C)cc5)cc(-c5ccc(C(C)(C)C)cc5)c4)n3)c2)cc1. The van der Waals surface area contributed by atoms with Crippen LogP contribution in [0, 0.1) is 0 Å². The molecule has 0 spiro atoms. The van der Waals surface area contributed by atoms with E-state index in [9.17, 15) is 0 Å². The quantitative estimate of drug-likeness (QED) is 0.145. The highest BCUT2D eigenvalue weighted by Crippen LogP contribution is 2.41. The van der Waals surface area contributed by atoms with Gasteiger partial charge in [0.15, 0.2) is 17.5 Å². The van der Waals surface area contributed by atoms with Crippen LogP contribution in [0.25, 0.3) is 101 Å². The molecule has 0 atom stereocenters. The van der Waals surface area contributed by atoms with E-state index in [1.807, 2.05) is 0 Å². The first-order valence-electron chi connectivity index (χ1n) is 30.2. The van der Waals surface area contributed by atoms with Crippen LogP contribution in [0.5, 0.6) is 0 Å². The van der Waals surface area contributed by atoms with E-state index in [1.165, 1.54) is 33.4 Å². The molecule has 426 valence electrons. The number of rotatable bonds is 9. The average molecular weight is 1100 g/mol. The molecular formula is C81H87N3. The van der Waals surface area contributed by atoms with Crippen molar-refractivity contribution >= 4 is 0 Å². The molecule has 1 aromatic heterocycles. The van der Waals surface area contributed by atoms with E-state index in [4.69, 9.17) is 15.0 Å². The van der Waals surface area contributed by atoms with E-state index in [-0.39, 0.29) is 32.5 Å². The zero-order valence-corrected chi connectivity index (χ0v) is 53.4. The smallest absolute Gasteiger partial charge is 0.164 e. The molecule has 3 heteroatoms. The summed E-state index contributed by atoms with van der Waals surface area (Å²) in [6, 6.07) is 75.0. The lowest BCUT2D eigenvalue weighted by molar-refractivity contribution is 0.590. The van der Waals surface area contributed by atoms with Crippen molar-refractivity contribution < 1.29 is 0 Å². The van der Waals surface area contributed by atoms with Crippen LogP contribution < -0.4 is 0 Å². The monoisotopic (exact) mass is 1100 g/mol. The predicted molar refractivity (Wildman–Crippen MR) is 361 cm³/mol. The highest BCUT2D eigenvalue weighted by atomic mass is 15.0. The highest BCUT2D eigenvalue weighted by Gasteiger charge is 2.23. The van der Waals surface area contributed by atoms with Crippen LogP contribution in [-0.4, -0.2) is 15.0 Å². The third kappa shape index (κ3) is 13.3. The molecule has 10 aromatic rings. The van der Waals surface area contributed by atoms with Crippen molar-refractivity contribution in [2.24, 2.45) is 0 Å². The van der Waals surface area contributed by atoms with Gasteiger partial charge < -0.3 is 0 Å². The Hall–Kier alpha value is -8.01. The number of hydrogen-bond acceptors (Lipinski definition) is 3. The third-order valence-corrected chi connectivity index (χ3v) is 16.7. The predicted octanol–water partition coefficient (Wildman–Crippen LogP) is 22.7. The van der Waals surface area contributed by atoms with Gasteiger partial charge in [0.2, 0.25) is 0 Å². The second kappa shape index (κ2) is 22.2. The standard InChI is InChI=1S/C81H87N3/c1-76(2,3)67-31-19-52(20-32-67)58-43-59(53-21-33-68(34-22-53)77(4,5)6)47-64(46-58)73-82-74(65-48-60(54-23-35-69(36-24-54)78(7,8)9)44-61(49-65)55-25-37-70(38-26-55)79(10,11)12)84-75(83-73)66-50-62(56-27-39-71(40-28-56)80(13,14)15)45-63(51-66)57-29-41-72(42-30-57)81(16,17)18/h19-51H,1-18H3. The van der Waals surface area contributed by atoms with Gasteiger partial charge in [0, 0.05) is 16.7 Å². The summed E-state index contributed by atoms with van der Waals surface area (Å²) >= 11 is 0. The first-order valence-corrected chi connectivity index (χ1v) is 30.2. The first-order chi connectivity index (χ1) is 39.3. The maximum absolute atomic E-state index is 5.63. The van der Waals surface area contributed by atoms with Crippen molar-refractivity contribution in [1.29, 1.82) is 0 Å². The van der Waals surface area contributed by atoms with Gasteiger partial charge in [-0.15, -0.1) is 0 Å². The van der Waals surface area contributed by atoms with Crippen molar-refractivity contribution in [3.63, 3.8) is 0 Å². The van der Waals surface area contributed by atoms with Crippen LogP contribution in [0.3, 0.4) is 0 Å². The molecule has 3 nitrogen and oxygen atoms in total. The summed E-state index contributed by atoms with van der Waals surface area (Å²) in [5.41, 5.74) is 23.9. The van der Waals surface area contributed by atoms with Crippen molar-refractivity contribution in [3.8, 4) is 101 Å². The van der Waals surface area contributed by atoms with Crippen molar-refractivity contribution in [2.75, 3.05) is 0 Å². The molecule has 0 aliphatic carbocycles. The fourth-order valence-electron chi connectivity index (χ4n) is 11.0. The summed E-state index contributed by atoms with van der Waals surface area (Å²) < 4.78 is 0. The number of aromatic nitrogens is 3. The number of nitrogens with zero attached hydrogens (tertiary/aromatic N) is 3. The molecule has 0 fully saturated rings. The molecular weight excluding hydrogens is 1010 g/mol. The molecule has 0 aliphatic rings. The summed E-state index contributed by atoms with van der Waals surface area (Å²) in [5.74, 6) is 1.80. The Bertz CT molecular complexity index is 3310. The van der Waals surface area contributed by atoms with Gasteiger partial charge in [0.05, 0.1) is 0 Å². The molecule has 0 N–H and O–H groups in total. The molecule has 0 unspecified atom stereocenters. The molecule has 84 heavy (non-hydrogen) atoms. The van der Waals surface area contributed by atoms with Gasteiger partial charge in [0.25, 0.3) is 0 Å². The fourth-order valence-corrected chi connectivity index (χ4v) is 11.0. The van der Waals surface area contributed by atoms with Crippen LogP contribution in [0.15, 0.2) is 200 Å². The van der Waals surface area contributed by atoms with Crippen molar-refractivity contribution in [2.45, 2.75) is 157 Å². The van der Waals surface area contributed by atoms with E-state index in [2.05, 4.69) is 325 Å². The Morgan fingerprint density at radius 3 is 0.393 bits per heavy atom. The van der Waals surface area contributed by atoms with Crippen molar-refractivity contribution in [1.82, 2.24) is 15.0 Å². The molecule has 0 radical (unpaired) electrons. The number of hydrogen-bond donors (Lipinski definition) is 0. The normalized spacial score (nSPS) is 12.6.